The first kappa shape index (κ1) is 26.7. The van der Waals surface area contributed by atoms with Gasteiger partial charge in [0, 0.05) is 32.7 Å². The molecule has 0 spiro atoms. The molecule has 0 radical (unpaired) electrons. The highest BCUT2D eigenvalue weighted by molar-refractivity contribution is 7.89. The number of rotatable bonds is 8. The third kappa shape index (κ3) is 5.60. The summed E-state index contributed by atoms with van der Waals surface area (Å²) in [4.78, 5) is 22.6. The van der Waals surface area contributed by atoms with Crippen LogP contribution < -0.4 is 21.8 Å². The fourth-order valence-corrected chi connectivity index (χ4v) is 6.11. The van der Waals surface area contributed by atoms with Gasteiger partial charge in [0.2, 0.25) is 10.0 Å². The molecule has 11 heteroatoms. The van der Waals surface area contributed by atoms with Gasteiger partial charge in [0.25, 0.3) is 5.56 Å². The fraction of sp³-hybridized carbons (Fsp3) is 0.286. The van der Waals surface area contributed by atoms with Crippen molar-refractivity contribution in [1.82, 2.24) is 19.2 Å². The van der Waals surface area contributed by atoms with Crippen molar-refractivity contribution in [2.24, 2.45) is 0 Å². The maximum absolute atomic E-state index is 13.7. The highest BCUT2D eigenvalue weighted by atomic mass is 32.2. The number of aromatic nitrogens is 2. The van der Waals surface area contributed by atoms with Crippen LogP contribution in [0.5, 0.6) is 5.75 Å². The Bertz CT molecular complexity index is 1650. The molecule has 0 aliphatic carbocycles. The lowest BCUT2D eigenvalue weighted by atomic mass is 10.1. The molecule has 39 heavy (non-hydrogen) atoms. The molecule has 0 unspecified atom stereocenters. The summed E-state index contributed by atoms with van der Waals surface area (Å²) in [5.41, 5.74) is 13.9. The van der Waals surface area contributed by atoms with E-state index >= 15 is 0 Å². The average molecular weight is 549 g/mol. The molecular formula is C28H32N6O4S. The third-order valence-corrected chi connectivity index (χ3v) is 8.69. The predicted octanol–water partition coefficient (Wildman–Crippen LogP) is 3.05. The number of H-pyrrole nitrogens is 1. The Labute approximate surface area is 227 Å². The number of hydrogen-bond donors (Lipinski definition) is 3. The number of nitrogens with zero attached hydrogens (tertiary/aromatic N) is 3. The van der Waals surface area contributed by atoms with Crippen molar-refractivity contribution in [3.63, 3.8) is 0 Å². The van der Waals surface area contributed by atoms with Gasteiger partial charge in [0.1, 0.15) is 11.6 Å². The van der Waals surface area contributed by atoms with Gasteiger partial charge in [0.05, 0.1) is 39.3 Å². The van der Waals surface area contributed by atoms with Crippen LogP contribution >= 0.6 is 0 Å². The fourth-order valence-electron chi connectivity index (χ4n) is 4.66. The number of hydrogen-bond acceptors (Lipinski definition) is 8. The van der Waals surface area contributed by atoms with Crippen LogP contribution in [0, 0.1) is 0 Å². The summed E-state index contributed by atoms with van der Waals surface area (Å²) >= 11 is 0. The summed E-state index contributed by atoms with van der Waals surface area (Å²) in [6, 6.07) is 17.8. The molecule has 10 nitrogen and oxygen atoms in total. The molecule has 1 fully saturated rings. The number of benzene rings is 3. The van der Waals surface area contributed by atoms with Crippen molar-refractivity contribution in [2.75, 3.05) is 44.3 Å². The molecule has 5 N–H and O–H groups in total. The highest BCUT2D eigenvalue weighted by Gasteiger charge is 2.29. The summed E-state index contributed by atoms with van der Waals surface area (Å²) in [6.07, 6.45) is 0.754. The lowest BCUT2D eigenvalue weighted by Gasteiger charge is -2.34. The van der Waals surface area contributed by atoms with E-state index in [0.717, 1.165) is 13.0 Å². The molecule has 1 aliphatic heterocycles. The molecule has 0 bridgehead atoms. The molecule has 0 atom stereocenters. The smallest absolute Gasteiger partial charge is 0.259 e. The van der Waals surface area contributed by atoms with E-state index in [0.29, 0.717) is 60.7 Å². The molecular weight excluding hydrogens is 516 g/mol. The van der Waals surface area contributed by atoms with E-state index in [4.69, 9.17) is 16.2 Å². The van der Waals surface area contributed by atoms with E-state index in [1.54, 1.807) is 6.07 Å². The third-order valence-electron chi connectivity index (χ3n) is 6.80. The van der Waals surface area contributed by atoms with Crippen LogP contribution in [0.1, 0.15) is 18.9 Å². The topological polar surface area (TPSA) is 148 Å². The van der Waals surface area contributed by atoms with Crippen LogP contribution in [0.25, 0.3) is 22.3 Å². The summed E-state index contributed by atoms with van der Waals surface area (Å²) in [6.45, 7) is 5.18. The Kier molecular flexibility index (Phi) is 7.56. The molecule has 0 saturated carbocycles. The predicted molar refractivity (Wildman–Crippen MR) is 153 cm³/mol. The second-order valence-electron chi connectivity index (χ2n) is 9.59. The molecule has 1 aromatic heterocycles. The van der Waals surface area contributed by atoms with Crippen LogP contribution in [0.4, 0.5) is 11.4 Å². The number of nitrogens with two attached hydrogens (primary N) is 2. The summed E-state index contributed by atoms with van der Waals surface area (Å²) in [5.74, 6) is 0.613. The van der Waals surface area contributed by atoms with Gasteiger partial charge in [-0.25, -0.2) is 13.4 Å². The zero-order valence-electron chi connectivity index (χ0n) is 21.8. The van der Waals surface area contributed by atoms with Crippen molar-refractivity contribution < 1.29 is 13.2 Å². The van der Waals surface area contributed by atoms with Crippen LogP contribution in [-0.2, 0) is 16.6 Å². The molecule has 4 aromatic rings. The number of nitrogen functional groups attached to an aromatic ring is 2. The van der Waals surface area contributed by atoms with Gasteiger partial charge in [-0.05, 0) is 42.3 Å². The monoisotopic (exact) mass is 548 g/mol. The summed E-state index contributed by atoms with van der Waals surface area (Å²) in [7, 11) is -3.80. The Hall–Kier alpha value is -3.93. The van der Waals surface area contributed by atoms with Crippen LogP contribution in [0.3, 0.4) is 0 Å². The number of sulfonamides is 1. The van der Waals surface area contributed by atoms with Crippen LogP contribution in [-0.4, -0.2) is 60.4 Å². The first-order valence-corrected chi connectivity index (χ1v) is 14.3. The first-order chi connectivity index (χ1) is 18.8. The Morgan fingerprint density at radius 2 is 1.69 bits per heavy atom. The highest BCUT2D eigenvalue weighted by Crippen LogP contribution is 2.32. The summed E-state index contributed by atoms with van der Waals surface area (Å²) < 4.78 is 34.7. The number of anilines is 2. The minimum Gasteiger partial charge on any atom is -0.493 e. The largest absolute Gasteiger partial charge is 0.493 e. The standard InChI is InChI=1S/C28H32N6O4S/c1-2-14-38-26-9-8-20(15-22(26)27-31-25-17-24(30)23(29)16-21(25)28(35)32-27)39(36,37)34-12-10-33(11-13-34)18-19-6-4-3-5-7-19/h3-9,15-17H,2,10-14,18,29-30H2,1H3,(H,31,32,35). The van der Waals surface area contributed by atoms with Crippen molar-refractivity contribution >= 4 is 32.3 Å². The first-order valence-electron chi connectivity index (χ1n) is 12.9. The van der Waals surface area contributed by atoms with Gasteiger partial charge in [-0.3, -0.25) is 9.69 Å². The van der Waals surface area contributed by atoms with Gasteiger partial charge >= 0.3 is 0 Å². The molecule has 0 amide bonds. The second kappa shape index (κ2) is 11.0. The van der Waals surface area contributed by atoms with Gasteiger partial charge in [-0.15, -0.1) is 0 Å². The molecule has 3 aromatic carbocycles. The van der Waals surface area contributed by atoms with Crippen molar-refractivity contribution in [3.05, 3.63) is 76.6 Å². The Balaban J connectivity index is 1.46. The van der Waals surface area contributed by atoms with Gasteiger partial charge in [0.15, 0.2) is 0 Å². The van der Waals surface area contributed by atoms with Crippen molar-refractivity contribution in [2.45, 2.75) is 24.8 Å². The van der Waals surface area contributed by atoms with Gasteiger partial charge in [-0.1, -0.05) is 37.3 Å². The maximum atomic E-state index is 13.7. The van der Waals surface area contributed by atoms with E-state index in [1.807, 2.05) is 25.1 Å². The Morgan fingerprint density at radius 1 is 0.974 bits per heavy atom. The number of nitrogens with one attached hydrogen (secondary N) is 1. The normalized spacial score (nSPS) is 15.0. The Morgan fingerprint density at radius 3 is 2.41 bits per heavy atom. The average Bonchev–Trinajstić information content (AvgIpc) is 2.93. The van der Waals surface area contributed by atoms with Crippen molar-refractivity contribution in [3.8, 4) is 17.1 Å². The maximum Gasteiger partial charge on any atom is 0.259 e. The number of aromatic amines is 1. The lowest BCUT2D eigenvalue weighted by molar-refractivity contribution is 0.181. The SMILES string of the molecule is CCCOc1ccc(S(=O)(=O)N2CCN(Cc3ccccc3)CC2)cc1-c1nc2cc(N)c(N)cc2c(=O)[nH]1. The molecule has 1 aliphatic rings. The number of fused-ring (bicyclic) bond motifs is 1. The second-order valence-corrected chi connectivity index (χ2v) is 11.5. The lowest BCUT2D eigenvalue weighted by Crippen LogP contribution is -2.48. The summed E-state index contributed by atoms with van der Waals surface area (Å²) in [5, 5.41) is 0.290. The van der Waals surface area contributed by atoms with Crippen molar-refractivity contribution in [1.29, 1.82) is 0 Å². The molecule has 2 heterocycles. The van der Waals surface area contributed by atoms with Crippen LogP contribution in [0.2, 0.25) is 0 Å². The minimum absolute atomic E-state index is 0.109. The number of ether oxygens (including phenoxy) is 1. The van der Waals surface area contributed by atoms with E-state index in [2.05, 4.69) is 27.0 Å². The molecule has 5 rings (SSSR count). The quantitative estimate of drug-likeness (QED) is 0.285. The van der Waals surface area contributed by atoms with Gasteiger partial charge in [-0.2, -0.15) is 4.31 Å². The molecule has 204 valence electrons. The zero-order chi connectivity index (χ0) is 27.6. The molecule has 1 saturated heterocycles. The minimum atomic E-state index is -3.80. The zero-order valence-corrected chi connectivity index (χ0v) is 22.6. The van der Waals surface area contributed by atoms with E-state index in [1.165, 1.54) is 34.1 Å². The van der Waals surface area contributed by atoms with Gasteiger partial charge < -0.3 is 21.2 Å². The van der Waals surface area contributed by atoms with Crippen LogP contribution in [0.15, 0.2) is 70.4 Å². The van der Waals surface area contributed by atoms with E-state index in [9.17, 15) is 13.2 Å². The van der Waals surface area contributed by atoms with E-state index < -0.39 is 15.6 Å². The van der Waals surface area contributed by atoms with E-state index in [-0.39, 0.29) is 16.4 Å². The number of piperazine rings is 1.